The van der Waals surface area contributed by atoms with E-state index in [2.05, 4.69) is 10.1 Å². The summed E-state index contributed by atoms with van der Waals surface area (Å²) in [5.41, 5.74) is -0.667. The van der Waals surface area contributed by atoms with Gasteiger partial charge in [0.25, 0.3) is 5.69 Å². The topological polar surface area (TPSA) is 139 Å². The maximum Gasteiger partial charge on any atom is 0.338 e. The van der Waals surface area contributed by atoms with Crippen molar-refractivity contribution in [2.24, 2.45) is 0 Å². The van der Waals surface area contributed by atoms with Crippen molar-refractivity contribution in [1.29, 1.82) is 0 Å². The van der Waals surface area contributed by atoms with Crippen molar-refractivity contribution in [3.8, 4) is 0 Å². The Labute approximate surface area is 132 Å². The molecule has 0 aliphatic heterocycles. The van der Waals surface area contributed by atoms with E-state index < -0.39 is 28.8 Å². The average Bonchev–Trinajstić information content (AvgIpc) is 2.52. The molecule has 0 aliphatic rings. The van der Waals surface area contributed by atoms with Crippen LogP contribution in [0, 0.1) is 10.1 Å². The summed E-state index contributed by atoms with van der Waals surface area (Å²) in [6, 6.07) is 3.43. The van der Waals surface area contributed by atoms with Gasteiger partial charge in [0.1, 0.15) is 6.10 Å². The first-order chi connectivity index (χ1) is 10.8. The number of methoxy groups -OCH3 is 1. The van der Waals surface area contributed by atoms with Gasteiger partial charge in [0.05, 0.1) is 29.3 Å². The fourth-order valence-electron chi connectivity index (χ4n) is 1.96. The smallest absolute Gasteiger partial charge is 0.338 e. The molecular weight excluding hydrogens is 308 g/mol. The van der Waals surface area contributed by atoms with Gasteiger partial charge in [0.2, 0.25) is 5.91 Å². The lowest BCUT2D eigenvalue weighted by Gasteiger charge is -2.18. The number of aliphatic hydroxyl groups excluding tert-OH is 2. The minimum atomic E-state index is -1.53. The summed E-state index contributed by atoms with van der Waals surface area (Å²) in [6.45, 7) is 1.42. The van der Waals surface area contributed by atoms with Crippen molar-refractivity contribution in [3.05, 3.63) is 39.4 Å². The van der Waals surface area contributed by atoms with Gasteiger partial charge in [-0.1, -0.05) is 0 Å². The molecule has 0 spiro atoms. The minimum Gasteiger partial charge on any atom is -0.465 e. The lowest BCUT2D eigenvalue weighted by molar-refractivity contribution is -0.386. The largest absolute Gasteiger partial charge is 0.465 e. The molecule has 0 aliphatic carbocycles. The summed E-state index contributed by atoms with van der Waals surface area (Å²) in [5, 5.41) is 33.6. The molecule has 2 atom stereocenters. The van der Waals surface area contributed by atoms with E-state index in [4.69, 9.17) is 0 Å². The second-order valence-corrected chi connectivity index (χ2v) is 4.81. The van der Waals surface area contributed by atoms with Gasteiger partial charge in [0, 0.05) is 19.5 Å². The highest BCUT2D eigenvalue weighted by Gasteiger charge is 2.27. The quantitative estimate of drug-likeness (QED) is 0.372. The van der Waals surface area contributed by atoms with Crippen molar-refractivity contribution in [2.75, 3.05) is 13.7 Å². The van der Waals surface area contributed by atoms with E-state index in [1.807, 2.05) is 0 Å². The zero-order valence-electron chi connectivity index (χ0n) is 12.7. The Hall–Kier alpha value is -2.52. The van der Waals surface area contributed by atoms with Crippen LogP contribution in [0.5, 0.6) is 0 Å². The number of esters is 1. The molecule has 0 radical (unpaired) electrons. The molecule has 0 bridgehead atoms. The number of benzene rings is 1. The fourth-order valence-corrected chi connectivity index (χ4v) is 1.96. The number of nitrogens with one attached hydrogen (secondary N) is 1. The third-order valence-electron chi connectivity index (χ3n) is 3.15. The van der Waals surface area contributed by atoms with Gasteiger partial charge < -0.3 is 20.3 Å². The van der Waals surface area contributed by atoms with E-state index in [9.17, 15) is 29.9 Å². The number of hydrogen-bond donors (Lipinski definition) is 3. The van der Waals surface area contributed by atoms with Gasteiger partial charge in [-0.2, -0.15) is 0 Å². The summed E-state index contributed by atoms with van der Waals surface area (Å²) in [7, 11) is 1.14. The number of amides is 1. The predicted molar refractivity (Wildman–Crippen MR) is 78.7 cm³/mol. The molecule has 0 fully saturated rings. The molecule has 126 valence electrons. The zero-order valence-corrected chi connectivity index (χ0v) is 12.7. The number of carbonyl (C=O) groups is 2. The number of nitrogens with zero attached hydrogens (tertiary/aromatic N) is 1. The van der Waals surface area contributed by atoms with Crippen LogP contribution in [0.15, 0.2) is 18.2 Å². The van der Waals surface area contributed by atoms with Crippen LogP contribution >= 0.6 is 0 Å². The summed E-state index contributed by atoms with van der Waals surface area (Å²) >= 11 is 0. The van der Waals surface area contributed by atoms with Gasteiger partial charge >= 0.3 is 5.97 Å². The molecule has 0 saturated carbocycles. The molecule has 1 rings (SSSR count). The summed E-state index contributed by atoms with van der Waals surface area (Å²) < 4.78 is 4.48. The molecule has 0 heterocycles. The van der Waals surface area contributed by atoms with Crippen molar-refractivity contribution in [3.63, 3.8) is 0 Å². The number of ether oxygens (including phenoxy) is 1. The number of carbonyl (C=O) groups excluding carboxylic acids is 2. The van der Waals surface area contributed by atoms with E-state index >= 15 is 0 Å². The first kappa shape index (κ1) is 18.5. The van der Waals surface area contributed by atoms with Crippen molar-refractivity contribution in [1.82, 2.24) is 5.32 Å². The molecule has 1 aromatic carbocycles. The summed E-state index contributed by atoms with van der Waals surface area (Å²) in [4.78, 5) is 32.5. The molecule has 9 heteroatoms. The van der Waals surface area contributed by atoms with E-state index in [0.717, 1.165) is 13.2 Å². The van der Waals surface area contributed by atoms with Gasteiger partial charge in [-0.05, 0) is 18.6 Å². The minimum absolute atomic E-state index is 0.0106. The summed E-state index contributed by atoms with van der Waals surface area (Å²) in [5.74, 6) is -1.04. The molecule has 0 aromatic heterocycles. The van der Waals surface area contributed by atoms with E-state index in [-0.39, 0.29) is 30.0 Å². The normalized spacial score (nSPS) is 13.0. The highest BCUT2D eigenvalue weighted by Crippen LogP contribution is 2.29. The second-order valence-electron chi connectivity index (χ2n) is 4.81. The van der Waals surface area contributed by atoms with E-state index in [1.165, 1.54) is 19.1 Å². The molecule has 0 saturated heterocycles. The van der Waals surface area contributed by atoms with Crippen LogP contribution in [0.25, 0.3) is 0 Å². The molecule has 23 heavy (non-hydrogen) atoms. The third-order valence-corrected chi connectivity index (χ3v) is 3.15. The van der Waals surface area contributed by atoms with E-state index in [0.29, 0.717) is 0 Å². The summed E-state index contributed by atoms with van der Waals surface area (Å²) in [6.07, 6.45) is -2.84. The fraction of sp³-hybridized carbons (Fsp3) is 0.429. The van der Waals surface area contributed by atoms with E-state index in [1.54, 1.807) is 0 Å². The van der Waals surface area contributed by atoms with Crippen LogP contribution in [-0.2, 0) is 9.53 Å². The Kier molecular flexibility index (Phi) is 6.61. The van der Waals surface area contributed by atoms with Gasteiger partial charge in [0.15, 0.2) is 0 Å². The van der Waals surface area contributed by atoms with Gasteiger partial charge in [-0.15, -0.1) is 0 Å². The first-order valence-corrected chi connectivity index (χ1v) is 6.75. The Morgan fingerprint density at radius 3 is 2.57 bits per heavy atom. The average molecular weight is 326 g/mol. The number of nitro groups is 1. The predicted octanol–water partition coefficient (Wildman–Crippen LogP) is 0.302. The highest BCUT2D eigenvalue weighted by atomic mass is 16.6. The Balaban J connectivity index is 2.98. The molecule has 1 aromatic rings. The first-order valence-electron chi connectivity index (χ1n) is 6.75. The van der Waals surface area contributed by atoms with Crippen LogP contribution < -0.4 is 5.32 Å². The van der Waals surface area contributed by atoms with Gasteiger partial charge in [-0.25, -0.2) is 4.79 Å². The van der Waals surface area contributed by atoms with Crippen molar-refractivity contribution >= 4 is 17.6 Å². The molecule has 1 amide bonds. The number of nitro benzene ring substituents is 1. The number of rotatable bonds is 7. The Morgan fingerprint density at radius 1 is 1.39 bits per heavy atom. The highest BCUT2D eigenvalue weighted by molar-refractivity contribution is 5.90. The molecule has 2 unspecified atom stereocenters. The zero-order chi connectivity index (χ0) is 17.6. The maximum absolute atomic E-state index is 11.4. The maximum atomic E-state index is 11.4. The monoisotopic (exact) mass is 326 g/mol. The Morgan fingerprint density at radius 2 is 2.04 bits per heavy atom. The standard InChI is InChI=1S/C14H18N2O7/c1-8(17)15-6-5-12(18)13(19)10-4-3-9(14(20)23-2)7-11(10)16(21)22/h3-4,7,12-13,18-19H,5-6H2,1-2H3,(H,15,17). The SMILES string of the molecule is COC(=O)c1ccc(C(O)C(O)CCNC(C)=O)c([N+](=O)[O-])c1. The van der Waals surface area contributed by atoms with Crippen LogP contribution in [0.3, 0.4) is 0 Å². The lowest BCUT2D eigenvalue weighted by Crippen LogP contribution is -2.28. The van der Waals surface area contributed by atoms with Crippen LogP contribution in [0.1, 0.15) is 35.4 Å². The number of hydrogen-bond acceptors (Lipinski definition) is 7. The van der Waals surface area contributed by atoms with Crippen molar-refractivity contribution in [2.45, 2.75) is 25.6 Å². The lowest BCUT2D eigenvalue weighted by atomic mass is 9.98. The van der Waals surface area contributed by atoms with Crippen LogP contribution in [0.2, 0.25) is 0 Å². The van der Waals surface area contributed by atoms with Gasteiger partial charge in [-0.3, -0.25) is 14.9 Å². The third kappa shape index (κ3) is 5.01. The molecule has 9 nitrogen and oxygen atoms in total. The number of aliphatic hydroxyl groups is 2. The Bertz CT molecular complexity index is 603. The second kappa shape index (κ2) is 8.20. The van der Waals surface area contributed by atoms with Crippen LogP contribution in [-0.4, -0.2) is 46.8 Å². The van der Waals surface area contributed by atoms with Crippen LogP contribution in [0.4, 0.5) is 5.69 Å². The molecule has 3 N–H and O–H groups in total. The van der Waals surface area contributed by atoms with Crippen molar-refractivity contribution < 1.29 is 29.5 Å². The molecular formula is C14H18N2O7.